The van der Waals surface area contributed by atoms with Crippen LogP contribution in [0.5, 0.6) is 0 Å². The largest absolute Gasteiger partial charge is 0.351 e. The highest BCUT2D eigenvalue weighted by Gasteiger charge is 2.14. The molecule has 0 radical (unpaired) electrons. The molecule has 7 nitrogen and oxygen atoms in total. The maximum atomic E-state index is 11.8. The normalized spacial score (nSPS) is 10.4. The van der Waals surface area contributed by atoms with Gasteiger partial charge in [-0.25, -0.2) is 4.98 Å². The predicted octanol–water partition coefficient (Wildman–Crippen LogP) is 0.191. The minimum absolute atomic E-state index is 0.128. The molecule has 0 aliphatic carbocycles. The number of aryl methyl sites for hydroxylation is 1. The Kier molecular flexibility index (Phi) is 3.76. The quantitative estimate of drug-likeness (QED) is 0.792. The molecule has 0 atom stereocenters. The van der Waals surface area contributed by atoms with Gasteiger partial charge in [-0.3, -0.25) is 9.89 Å². The minimum Gasteiger partial charge on any atom is -0.351 e. The fourth-order valence-corrected chi connectivity index (χ4v) is 2.01. The lowest BCUT2D eigenvalue weighted by molar-refractivity contribution is 0.0957. The van der Waals surface area contributed by atoms with Gasteiger partial charge < -0.3 is 5.32 Å². The Hall–Kier alpha value is -1.83. The molecule has 0 spiro atoms. The lowest BCUT2D eigenvalue weighted by Crippen LogP contribution is -2.26. The van der Waals surface area contributed by atoms with Crippen LogP contribution < -0.4 is 5.32 Å². The van der Waals surface area contributed by atoms with Crippen molar-refractivity contribution in [1.29, 1.82) is 0 Å². The number of H-pyrrole nitrogens is 1. The van der Waals surface area contributed by atoms with Crippen molar-refractivity contribution >= 4 is 17.4 Å². The third kappa shape index (κ3) is 2.84. The molecule has 0 unspecified atom stereocenters. The number of nitrogens with one attached hydrogen (secondary N) is 2. The zero-order chi connectivity index (χ0) is 12.1. The van der Waals surface area contributed by atoms with Crippen LogP contribution in [-0.4, -0.2) is 37.2 Å². The SMILES string of the molecule is CCc1nnsc1C(=O)NCCc1ncn[nH]1. The number of carbonyl (C=O) groups excluding carboxylic acids is 1. The van der Waals surface area contributed by atoms with E-state index in [1.165, 1.54) is 6.33 Å². The van der Waals surface area contributed by atoms with Gasteiger partial charge in [0.05, 0.1) is 5.69 Å². The topological polar surface area (TPSA) is 96.5 Å². The Balaban J connectivity index is 1.85. The van der Waals surface area contributed by atoms with Crippen molar-refractivity contribution in [3.63, 3.8) is 0 Å². The number of aromatic amines is 1. The number of hydrogen-bond acceptors (Lipinski definition) is 6. The Morgan fingerprint density at radius 1 is 1.59 bits per heavy atom. The first kappa shape index (κ1) is 11.6. The number of aromatic nitrogens is 5. The van der Waals surface area contributed by atoms with Gasteiger partial charge in [0.1, 0.15) is 17.0 Å². The molecule has 2 heterocycles. The van der Waals surface area contributed by atoms with Crippen molar-refractivity contribution in [2.45, 2.75) is 19.8 Å². The highest BCUT2D eigenvalue weighted by atomic mass is 32.1. The molecule has 0 aliphatic heterocycles. The Labute approximate surface area is 102 Å². The van der Waals surface area contributed by atoms with Gasteiger partial charge in [-0.05, 0) is 18.0 Å². The summed E-state index contributed by atoms with van der Waals surface area (Å²) >= 11 is 1.12. The van der Waals surface area contributed by atoms with E-state index in [2.05, 4.69) is 30.1 Å². The average molecular weight is 252 g/mol. The van der Waals surface area contributed by atoms with Crippen molar-refractivity contribution in [2.24, 2.45) is 0 Å². The van der Waals surface area contributed by atoms with Gasteiger partial charge in [0.15, 0.2) is 0 Å². The molecule has 0 aromatic carbocycles. The molecule has 2 N–H and O–H groups in total. The van der Waals surface area contributed by atoms with E-state index < -0.39 is 0 Å². The summed E-state index contributed by atoms with van der Waals surface area (Å²) in [5.41, 5.74) is 0.743. The van der Waals surface area contributed by atoms with Gasteiger partial charge in [-0.2, -0.15) is 5.10 Å². The summed E-state index contributed by atoms with van der Waals surface area (Å²) in [5, 5.41) is 13.2. The van der Waals surface area contributed by atoms with Crippen LogP contribution in [0.3, 0.4) is 0 Å². The van der Waals surface area contributed by atoms with E-state index in [-0.39, 0.29) is 5.91 Å². The van der Waals surface area contributed by atoms with Gasteiger partial charge in [0.25, 0.3) is 5.91 Å². The summed E-state index contributed by atoms with van der Waals surface area (Å²) in [6, 6.07) is 0. The molecule has 1 amide bonds. The first-order valence-electron chi connectivity index (χ1n) is 5.25. The molecule has 0 fully saturated rings. The van der Waals surface area contributed by atoms with E-state index in [1.807, 2.05) is 6.92 Å². The molecular weight excluding hydrogens is 240 g/mol. The average Bonchev–Trinajstić information content (AvgIpc) is 2.99. The Morgan fingerprint density at radius 3 is 3.18 bits per heavy atom. The Bertz CT molecular complexity index is 479. The van der Waals surface area contributed by atoms with E-state index in [1.54, 1.807) is 0 Å². The third-order valence-corrected chi connectivity index (χ3v) is 2.98. The van der Waals surface area contributed by atoms with Gasteiger partial charge in [-0.15, -0.1) is 5.10 Å². The first-order chi connectivity index (χ1) is 8.31. The van der Waals surface area contributed by atoms with Crippen LogP contribution in [0.1, 0.15) is 28.1 Å². The molecule has 0 bridgehead atoms. The summed E-state index contributed by atoms with van der Waals surface area (Å²) in [6.45, 7) is 2.46. The standard InChI is InChI=1S/C9H12N6OS/c1-2-6-8(17-15-13-6)9(16)10-4-3-7-11-5-12-14-7/h5H,2-4H2,1H3,(H,10,16)(H,11,12,14). The van der Waals surface area contributed by atoms with Crippen molar-refractivity contribution < 1.29 is 4.79 Å². The number of rotatable bonds is 5. The van der Waals surface area contributed by atoms with Gasteiger partial charge >= 0.3 is 0 Å². The highest BCUT2D eigenvalue weighted by Crippen LogP contribution is 2.10. The van der Waals surface area contributed by atoms with Crippen LogP contribution >= 0.6 is 11.5 Å². The molecule has 0 saturated heterocycles. The second-order valence-corrected chi connectivity index (χ2v) is 4.09. The molecule has 2 rings (SSSR count). The van der Waals surface area contributed by atoms with Crippen LogP contribution in [-0.2, 0) is 12.8 Å². The summed E-state index contributed by atoms with van der Waals surface area (Å²) < 4.78 is 3.77. The van der Waals surface area contributed by atoms with E-state index in [0.717, 1.165) is 23.1 Å². The number of nitrogens with zero attached hydrogens (tertiary/aromatic N) is 4. The second kappa shape index (κ2) is 5.48. The van der Waals surface area contributed by atoms with Crippen molar-refractivity contribution in [2.75, 3.05) is 6.54 Å². The van der Waals surface area contributed by atoms with E-state index in [9.17, 15) is 4.79 Å². The maximum Gasteiger partial charge on any atom is 0.264 e. The zero-order valence-electron chi connectivity index (χ0n) is 9.30. The van der Waals surface area contributed by atoms with E-state index >= 15 is 0 Å². The van der Waals surface area contributed by atoms with Crippen LogP contribution in [0.25, 0.3) is 0 Å². The van der Waals surface area contributed by atoms with E-state index in [0.29, 0.717) is 24.3 Å². The predicted molar refractivity (Wildman–Crippen MR) is 61.7 cm³/mol. The van der Waals surface area contributed by atoms with Gasteiger partial charge in [-0.1, -0.05) is 11.4 Å². The number of carbonyl (C=O) groups is 1. The number of hydrogen-bond donors (Lipinski definition) is 2. The molecule has 2 aromatic rings. The lowest BCUT2D eigenvalue weighted by Gasteiger charge is -2.01. The van der Waals surface area contributed by atoms with E-state index in [4.69, 9.17) is 0 Å². The molecule has 8 heteroatoms. The van der Waals surface area contributed by atoms with Crippen molar-refractivity contribution in [3.05, 3.63) is 22.7 Å². The molecule has 0 saturated carbocycles. The van der Waals surface area contributed by atoms with Crippen LogP contribution in [0.4, 0.5) is 0 Å². The zero-order valence-corrected chi connectivity index (χ0v) is 10.1. The first-order valence-corrected chi connectivity index (χ1v) is 6.02. The molecule has 17 heavy (non-hydrogen) atoms. The summed E-state index contributed by atoms with van der Waals surface area (Å²) in [4.78, 5) is 16.3. The molecular formula is C9H12N6OS. The monoisotopic (exact) mass is 252 g/mol. The van der Waals surface area contributed by atoms with Crippen LogP contribution in [0, 0.1) is 0 Å². The fraction of sp³-hybridized carbons (Fsp3) is 0.444. The maximum absolute atomic E-state index is 11.8. The second-order valence-electron chi connectivity index (χ2n) is 3.34. The van der Waals surface area contributed by atoms with Gasteiger partial charge in [0, 0.05) is 13.0 Å². The lowest BCUT2D eigenvalue weighted by atomic mass is 10.3. The smallest absolute Gasteiger partial charge is 0.264 e. The third-order valence-electron chi connectivity index (χ3n) is 2.21. The van der Waals surface area contributed by atoms with Gasteiger partial charge in [0.2, 0.25) is 0 Å². The summed E-state index contributed by atoms with van der Waals surface area (Å²) in [7, 11) is 0. The minimum atomic E-state index is -0.128. The molecule has 90 valence electrons. The highest BCUT2D eigenvalue weighted by molar-refractivity contribution is 7.08. The van der Waals surface area contributed by atoms with Crippen LogP contribution in [0.15, 0.2) is 6.33 Å². The van der Waals surface area contributed by atoms with Crippen molar-refractivity contribution in [1.82, 2.24) is 30.1 Å². The fourth-order valence-electron chi connectivity index (χ4n) is 1.34. The molecule has 0 aliphatic rings. The Morgan fingerprint density at radius 2 is 2.47 bits per heavy atom. The summed E-state index contributed by atoms with van der Waals surface area (Å²) in [6.07, 6.45) is 2.78. The van der Waals surface area contributed by atoms with Crippen molar-refractivity contribution in [3.8, 4) is 0 Å². The summed E-state index contributed by atoms with van der Waals surface area (Å²) in [5.74, 6) is 0.625. The molecule has 2 aromatic heterocycles. The number of amides is 1. The van der Waals surface area contributed by atoms with Crippen LogP contribution in [0.2, 0.25) is 0 Å².